The summed E-state index contributed by atoms with van der Waals surface area (Å²) in [5.41, 5.74) is 0.532. The lowest BCUT2D eigenvalue weighted by Crippen LogP contribution is -1.93. The van der Waals surface area contributed by atoms with E-state index in [2.05, 4.69) is 0 Å². The number of aliphatic hydroxyl groups excluding tert-OH is 1. The maximum absolute atomic E-state index is 10.6. The van der Waals surface area contributed by atoms with E-state index >= 15 is 0 Å². The predicted octanol–water partition coefficient (Wildman–Crippen LogP) is 4.75. The Bertz CT molecular complexity index is 689. The number of rotatable bonds is 4. The molecule has 7 heteroatoms. The van der Waals surface area contributed by atoms with Crippen LogP contribution in [-0.4, -0.2) is 10.0 Å². The van der Waals surface area contributed by atoms with Crippen molar-refractivity contribution in [3.05, 3.63) is 62.1 Å². The lowest BCUT2D eigenvalue weighted by Gasteiger charge is -2.11. The van der Waals surface area contributed by atoms with Gasteiger partial charge in [0.2, 0.25) is 0 Å². The molecule has 0 radical (unpaired) electrons. The number of halogens is 2. The second-order valence-electron chi connectivity index (χ2n) is 4.34. The Morgan fingerprint density at radius 3 is 2.19 bits per heavy atom. The Labute approximate surface area is 130 Å². The molecule has 0 aliphatic rings. The third kappa shape index (κ3) is 3.64. The molecule has 0 bridgehead atoms. The molecule has 0 aliphatic heterocycles. The molecule has 2 aromatic carbocycles. The molecule has 0 aliphatic carbocycles. The van der Waals surface area contributed by atoms with Gasteiger partial charge in [0.05, 0.1) is 21.1 Å². The summed E-state index contributed by atoms with van der Waals surface area (Å²) in [6.07, 6.45) is -0.639. The third-order valence-electron chi connectivity index (χ3n) is 2.78. The fourth-order valence-electron chi connectivity index (χ4n) is 1.66. The van der Waals surface area contributed by atoms with Gasteiger partial charge in [-0.25, -0.2) is 0 Å². The van der Waals surface area contributed by atoms with Crippen molar-refractivity contribution in [3.8, 4) is 11.5 Å². The Morgan fingerprint density at radius 2 is 1.71 bits per heavy atom. The molecule has 0 heterocycles. The van der Waals surface area contributed by atoms with Crippen molar-refractivity contribution < 1.29 is 14.8 Å². The highest BCUT2D eigenvalue weighted by Crippen LogP contribution is 2.36. The van der Waals surface area contributed by atoms with Crippen LogP contribution in [0.4, 0.5) is 5.69 Å². The molecule has 1 unspecified atom stereocenters. The van der Waals surface area contributed by atoms with Gasteiger partial charge < -0.3 is 9.84 Å². The van der Waals surface area contributed by atoms with Crippen LogP contribution >= 0.6 is 23.2 Å². The van der Waals surface area contributed by atoms with Gasteiger partial charge in [-0.2, -0.15) is 0 Å². The molecule has 0 aromatic heterocycles. The van der Waals surface area contributed by atoms with Gasteiger partial charge in [-0.3, -0.25) is 10.1 Å². The van der Waals surface area contributed by atoms with E-state index in [1.54, 1.807) is 25.1 Å². The Kier molecular flexibility index (Phi) is 4.67. The molecule has 21 heavy (non-hydrogen) atoms. The first-order valence-corrected chi connectivity index (χ1v) is 6.73. The minimum atomic E-state index is -0.639. The molecule has 0 saturated heterocycles. The molecule has 1 atom stereocenters. The number of nitrogens with zero attached hydrogens (tertiary/aromatic N) is 1. The lowest BCUT2D eigenvalue weighted by atomic mass is 10.1. The monoisotopic (exact) mass is 327 g/mol. The molecular weight excluding hydrogens is 317 g/mol. The smallest absolute Gasteiger partial charge is 0.271 e. The van der Waals surface area contributed by atoms with Crippen molar-refractivity contribution in [2.45, 2.75) is 13.0 Å². The standard InChI is InChI=1S/C14H11Cl2NO4/c1-8(18)9-2-4-13(11(15)6-9)21-14-5-3-10(17(19)20)7-12(14)16/h2-8,18H,1H3. The molecule has 0 amide bonds. The average Bonchev–Trinajstić information content (AvgIpc) is 2.42. The van der Waals surface area contributed by atoms with Gasteiger partial charge in [-0.05, 0) is 30.7 Å². The van der Waals surface area contributed by atoms with Crippen LogP contribution in [0.5, 0.6) is 11.5 Å². The fourth-order valence-corrected chi connectivity index (χ4v) is 2.11. The van der Waals surface area contributed by atoms with Crippen LogP contribution in [0.2, 0.25) is 10.0 Å². The summed E-state index contributed by atoms with van der Waals surface area (Å²) in [4.78, 5) is 10.1. The van der Waals surface area contributed by atoms with E-state index in [1.807, 2.05) is 0 Å². The molecule has 0 saturated carbocycles. The van der Waals surface area contributed by atoms with E-state index in [4.69, 9.17) is 27.9 Å². The summed E-state index contributed by atoms with van der Waals surface area (Å²) in [5, 5.41) is 20.5. The summed E-state index contributed by atoms with van der Waals surface area (Å²) >= 11 is 12.0. The minimum absolute atomic E-state index is 0.111. The molecule has 0 fully saturated rings. The summed E-state index contributed by atoms with van der Waals surface area (Å²) in [5.74, 6) is 0.603. The van der Waals surface area contributed by atoms with Gasteiger partial charge in [0.1, 0.15) is 11.5 Å². The lowest BCUT2D eigenvalue weighted by molar-refractivity contribution is -0.384. The fraction of sp³-hybridized carbons (Fsp3) is 0.143. The highest BCUT2D eigenvalue weighted by molar-refractivity contribution is 6.33. The van der Waals surface area contributed by atoms with Crippen molar-refractivity contribution in [1.82, 2.24) is 0 Å². The summed E-state index contributed by atoms with van der Waals surface area (Å²) in [6, 6.07) is 8.75. The Morgan fingerprint density at radius 1 is 1.14 bits per heavy atom. The first-order chi connectivity index (χ1) is 9.88. The van der Waals surface area contributed by atoms with Crippen LogP contribution in [-0.2, 0) is 0 Å². The second kappa shape index (κ2) is 6.30. The van der Waals surface area contributed by atoms with Gasteiger partial charge in [0, 0.05) is 12.1 Å². The number of ether oxygens (including phenoxy) is 1. The first kappa shape index (κ1) is 15.6. The van der Waals surface area contributed by atoms with Crippen LogP contribution in [0.25, 0.3) is 0 Å². The quantitative estimate of drug-likeness (QED) is 0.649. The Balaban J connectivity index is 2.28. The number of nitro benzene ring substituents is 1. The zero-order valence-electron chi connectivity index (χ0n) is 10.9. The summed E-state index contributed by atoms with van der Waals surface area (Å²) in [7, 11) is 0. The summed E-state index contributed by atoms with van der Waals surface area (Å²) in [6.45, 7) is 1.62. The first-order valence-electron chi connectivity index (χ1n) is 5.98. The highest BCUT2D eigenvalue weighted by atomic mass is 35.5. The number of non-ortho nitro benzene ring substituents is 1. The maximum atomic E-state index is 10.6. The van der Waals surface area contributed by atoms with Gasteiger partial charge in [0.15, 0.2) is 0 Å². The van der Waals surface area contributed by atoms with Gasteiger partial charge in [0.25, 0.3) is 5.69 Å². The maximum Gasteiger partial charge on any atom is 0.271 e. The SMILES string of the molecule is CC(O)c1ccc(Oc2ccc([N+](=O)[O-])cc2Cl)c(Cl)c1. The largest absolute Gasteiger partial charge is 0.454 e. The number of nitro groups is 1. The zero-order chi connectivity index (χ0) is 15.6. The molecule has 1 N–H and O–H groups in total. The molecule has 5 nitrogen and oxygen atoms in total. The van der Waals surface area contributed by atoms with E-state index in [0.717, 1.165) is 0 Å². The van der Waals surface area contributed by atoms with Crippen LogP contribution in [0.1, 0.15) is 18.6 Å². The third-order valence-corrected chi connectivity index (χ3v) is 3.38. The minimum Gasteiger partial charge on any atom is -0.454 e. The number of hydrogen-bond acceptors (Lipinski definition) is 4. The topological polar surface area (TPSA) is 72.6 Å². The van der Waals surface area contributed by atoms with Crippen molar-refractivity contribution >= 4 is 28.9 Å². The molecule has 2 rings (SSSR count). The van der Waals surface area contributed by atoms with E-state index < -0.39 is 11.0 Å². The van der Waals surface area contributed by atoms with Crippen molar-refractivity contribution in [3.63, 3.8) is 0 Å². The van der Waals surface area contributed by atoms with Gasteiger partial charge >= 0.3 is 0 Å². The molecular formula is C14H11Cl2NO4. The average molecular weight is 328 g/mol. The number of hydrogen-bond donors (Lipinski definition) is 1. The highest BCUT2D eigenvalue weighted by Gasteiger charge is 2.13. The molecule has 0 spiro atoms. The van der Waals surface area contributed by atoms with E-state index in [0.29, 0.717) is 16.3 Å². The predicted molar refractivity (Wildman–Crippen MR) is 80.3 cm³/mol. The van der Waals surface area contributed by atoms with Crippen LogP contribution in [0.3, 0.4) is 0 Å². The van der Waals surface area contributed by atoms with Gasteiger partial charge in [-0.1, -0.05) is 29.3 Å². The van der Waals surface area contributed by atoms with Crippen LogP contribution in [0.15, 0.2) is 36.4 Å². The zero-order valence-corrected chi connectivity index (χ0v) is 12.4. The number of aliphatic hydroxyl groups is 1. The van der Waals surface area contributed by atoms with Crippen LogP contribution < -0.4 is 4.74 Å². The van der Waals surface area contributed by atoms with E-state index in [-0.39, 0.29) is 16.5 Å². The van der Waals surface area contributed by atoms with Crippen molar-refractivity contribution in [2.24, 2.45) is 0 Å². The van der Waals surface area contributed by atoms with E-state index in [1.165, 1.54) is 18.2 Å². The molecule has 2 aromatic rings. The number of benzene rings is 2. The van der Waals surface area contributed by atoms with Crippen LogP contribution in [0, 0.1) is 10.1 Å². The van der Waals surface area contributed by atoms with Crippen molar-refractivity contribution in [1.29, 1.82) is 0 Å². The van der Waals surface area contributed by atoms with Gasteiger partial charge in [-0.15, -0.1) is 0 Å². The van der Waals surface area contributed by atoms with E-state index in [9.17, 15) is 15.2 Å². The second-order valence-corrected chi connectivity index (χ2v) is 5.15. The normalized spacial score (nSPS) is 12.0. The molecule has 110 valence electrons. The summed E-state index contributed by atoms with van der Waals surface area (Å²) < 4.78 is 5.54. The Hall–Kier alpha value is -1.82. The van der Waals surface area contributed by atoms with Crippen molar-refractivity contribution in [2.75, 3.05) is 0 Å².